The summed E-state index contributed by atoms with van der Waals surface area (Å²) >= 11 is 0. The van der Waals surface area contributed by atoms with Crippen LogP contribution in [0, 0.1) is 0 Å². The molecule has 3 aromatic rings. The van der Waals surface area contributed by atoms with Crippen molar-refractivity contribution in [3.05, 3.63) is 95.2 Å². The van der Waals surface area contributed by atoms with Crippen LogP contribution >= 0.6 is 0 Å². The maximum atomic E-state index is 10.9. The molecule has 0 fully saturated rings. The van der Waals surface area contributed by atoms with Crippen molar-refractivity contribution in [2.75, 3.05) is 0 Å². The Labute approximate surface area is 153 Å². The molecule has 0 aliphatic rings. The average molecular weight is 347 g/mol. The number of aromatic carboxylic acids is 1. The molecule has 132 valence electrons. The Bertz CT molecular complexity index is 845. The average Bonchev–Trinajstić information content (AvgIpc) is 2.68. The smallest absolute Gasteiger partial charge is 0.335 e. The highest BCUT2D eigenvalue weighted by molar-refractivity contribution is 5.87. The predicted molar refractivity (Wildman–Crippen MR) is 100 cm³/mol. The SMILES string of the molecule is O=C(O)c1ccc(CCCc2cccnc2OCc2ccccc2)cc1. The molecule has 0 saturated carbocycles. The van der Waals surface area contributed by atoms with E-state index >= 15 is 0 Å². The first-order valence-corrected chi connectivity index (χ1v) is 8.65. The Morgan fingerprint density at radius 2 is 1.65 bits per heavy atom. The molecule has 0 amide bonds. The molecular formula is C22H21NO3. The van der Waals surface area contributed by atoms with Gasteiger partial charge in [0.15, 0.2) is 0 Å². The fraction of sp³-hybridized carbons (Fsp3) is 0.182. The molecule has 1 heterocycles. The second-order valence-electron chi connectivity index (χ2n) is 6.10. The lowest BCUT2D eigenvalue weighted by molar-refractivity contribution is 0.0697. The zero-order valence-electron chi connectivity index (χ0n) is 14.5. The quantitative estimate of drug-likeness (QED) is 0.650. The van der Waals surface area contributed by atoms with Crippen LogP contribution in [0.4, 0.5) is 0 Å². The molecular weight excluding hydrogens is 326 g/mol. The first kappa shape index (κ1) is 17.7. The summed E-state index contributed by atoms with van der Waals surface area (Å²) < 4.78 is 5.89. The van der Waals surface area contributed by atoms with Gasteiger partial charge in [-0.25, -0.2) is 9.78 Å². The van der Waals surface area contributed by atoms with Crippen LogP contribution in [0.1, 0.15) is 33.5 Å². The van der Waals surface area contributed by atoms with Gasteiger partial charge in [-0.2, -0.15) is 0 Å². The number of aryl methyl sites for hydroxylation is 2. The summed E-state index contributed by atoms with van der Waals surface area (Å²) in [5.74, 6) is -0.218. The summed E-state index contributed by atoms with van der Waals surface area (Å²) in [6, 6.07) is 21.0. The molecule has 0 bridgehead atoms. The molecule has 1 N–H and O–H groups in total. The summed E-state index contributed by atoms with van der Waals surface area (Å²) in [6.07, 6.45) is 4.43. The maximum absolute atomic E-state index is 10.9. The van der Waals surface area contributed by atoms with E-state index in [1.807, 2.05) is 54.6 Å². The van der Waals surface area contributed by atoms with Crippen molar-refractivity contribution in [3.63, 3.8) is 0 Å². The Hall–Kier alpha value is -3.14. The lowest BCUT2D eigenvalue weighted by atomic mass is 10.0. The van der Waals surface area contributed by atoms with E-state index in [0.717, 1.165) is 36.0 Å². The summed E-state index contributed by atoms with van der Waals surface area (Å²) in [6.45, 7) is 0.501. The van der Waals surface area contributed by atoms with Gasteiger partial charge in [-0.05, 0) is 48.6 Å². The highest BCUT2D eigenvalue weighted by Gasteiger charge is 2.06. The van der Waals surface area contributed by atoms with Gasteiger partial charge in [-0.15, -0.1) is 0 Å². The highest BCUT2D eigenvalue weighted by Crippen LogP contribution is 2.19. The van der Waals surface area contributed by atoms with Crippen LogP contribution in [0.5, 0.6) is 5.88 Å². The monoisotopic (exact) mass is 347 g/mol. The summed E-state index contributed by atoms with van der Waals surface area (Å²) in [5.41, 5.74) is 3.65. The van der Waals surface area contributed by atoms with Crippen LogP contribution in [-0.4, -0.2) is 16.1 Å². The third-order valence-corrected chi connectivity index (χ3v) is 4.18. The normalized spacial score (nSPS) is 10.5. The molecule has 0 aliphatic heterocycles. The third-order valence-electron chi connectivity index (χ3n) is 4.18. The maximum Gasteiger partial charge on any atom is 0.335 e. The van der Waals surface area contributed by atoms with Gasteiger partial charge in [0, 0.05) is 11.8 Å². The van der Waals surface area contributed by atoms with Crippen LogP contribution in [0.25, 0.3) is 0 Å². The molecule has 4 heteroatoms. The Balaban J connectivity index is 1.55. The van der Waals surface area contributed by atoms with Crippen molar-refractivity contribution in [2.24, 2.45) is 0 Å². The molecule has 0 spiro atoms. The number of hydrogen-bond acceptors (Lipinski definition) is 3. The number of carboxylic acids is 1. The number of ether oxygens (including phenoxy) is 1. The molecule has 3 rings (SSSR count). The number of carbonyl (C=O) groups is 1. The molecule has 4 nitrogen and oxygen atoms in total. The van der Waals surface area contributed by atoms with E-state index in [-0.39, 0.29) is 0 Å². The van der Waals surface area contributed by atoms with Crippen molar-refractivity contribution in [1.29, 1.82) is 0 Å². The van der Waals surface area contributed by atoms with Crippen LogP contribution in [0.15, 0.2) is 72.9 Å². The zero-order valence-corrected chi connectivity index (χ0v) is 14.5. The molecule has 26 heavy (non-hydrogen) atoms. The van der Waals surface area contributed by atoms with E-state index in [9.17, 15) is 4.79 Å². The van der Waals surface area contributed by atoms with Crippen molar-refractivity contribution in [1.82, 2.24) is 4.98 Å². The summed E-state index contributed by atoms with van der Waals surface area (Å²) in [5, 5.41) is 8.94. The van der Waals surface area contributed by atoms with Crippen molar-refractivity contribution in [2.45, 2.75) is 25.9 Å². The number of pyridine rings is 1. The molecule has 0 unspecified atom stereocenters. The van der Waals surface area contributed by atoms with E-state index in [4.69, 9.17) is 9.84 Å². The van der Waals surface area contributed by atoms with E-state index in [0.29, 0.717) is 18.1 Å². The van der Waals surface area contributed by atoms with Gasteiger partial charge >= 0.3 is 5.97 Å². The fourth-order valence-corrected chi connectivity index (χ4v) is 2.77. The minimum Gasteiger partial charge on any atom is -0.478 e. The van der Waals surface area contributed by atoms with Crippen LogP contribution in [0.3, 0.4) is 0 Å². The Morgan fingerprint density at radius 1 is 0.885 bits per heavy atom. The number of rotatable bonds is 8. The third kappa shape index (κ3) is 4.93. The van der Waals surface area contributed by atoms with Gasteiger partial charge in [0.2, 0.25) is 5.88 Å². The molecule has 2 aromatic carbocycles. The number of benzene rings is 2. The summed E-state index contributed by atoms with van der Waals surface area (Å²) in [4.78, 5) is 15.3. The number of nitrogens with zero attached hydrogens (tertiary/aromatic N) is 1. The van der Waals surface area contributed by atoms with Crippen molar-refractivity contribution < 1.29 is 14.6 Å². The largest absolute Gasteiger partial charge is 0.478 e. The Morgan fingerprint density at radius 3 is 2.38 bits per heavy atom. The first-order valence-electron chi connectivity index (χ1n) is 8.65. The minimum absolute atomic E-state index is 0.317. The Kier molecular flexibility index (Phi) is 5.99. The van der Waals surface area contributed by atoms with E-state index in [1.54, 1.807) is 18.3 Å². The van der Waals surface area contributed by atoms with Gasteiger partial charge in [0.25, 0.3) is 0 Å². The second kappa shape index (κ2) is 8.81. The topological polar surface area (TPSA) is 59.4 Å². The van der Waals surface area contributed by atoms with Crippen LogP contribution in [-0.2, 0) is 19.4 Å². The standard InChI is InChI=1S/C22H21NO3/c24-22(25)20-13-11-17(12-14-20)8-4-9-19-10-5-15-23-21(19)26-16-18-6-2-1-3-7-18/h1-3,5-7,10-15H,4,8-9,16H2,(H,24,25). The van der Waals surface area contributed by atoms with Crippen molar-refractivity contribution in [3.8, 4) is 5.88 Å². The van der Waals surface area contributed by atoms with Gasteiger partial charge in [-0.1, -0.05) is 48.5 Å². The molecule has 0 atom stereocenters. The van der Waals surface area contributed by atoms with Gasteiger partial charge in [0.05, 0.1) is 5.56 Å². The molecule has 0 saturated heterocycles. The lowest BCUT2D eigenvalue weighted by Gasteiger charge is -2.10. The van der Waals surface area contributed by atoms with Crippen LogP contribution < -0.4 is 4.74 Å². The second-order valence-corrected chi connectivity index (χ2v) is 6.10. The van der Waals surface area contributed by atoms with Gasteiger partial charge in [-0.3, -0.25) is 0 Å². The predicted octanol–water partition coefficient (Wildman–Crippen LogP) is 4.53. The van der Waals surface area contributed by atoms with E-state index < -0.39 is 5.97 Å². The van der Waals surface area contributed by atoms with Gasteiger partial charge < -0.3 is 9.84 Å². The molecule has 0 aliphatic carbocycles. The molecule has 1 aromatic heterocycles. The highest BCUT2D eigenvalue weighted by atomic mass is 16.5. The minimum atomic E-state index is -0.896. The number of carboxylic acid groups (broad SMARTS) is 1. The fourth-order valence-electron chi connectivity index (χ4n) is 2.77. The number of hydrogen-bond donors (Lipinski definition) is 1. The molecule has 0 radical (unpaired) electrons. The van der Waals surface area contributed by atoms with Crippen molar-refractivity contribution >= 4 is 5.97 Å². The zero-order chi connectivity index (χ0) is 18.2. The van der Waals surface area contributed by atoms with Crippen LogP contribution in [0.2, 0.25) is 0 Å². The first-order chi connectivity index (χ1) is 12.7. The van der Waals surface area contributed by atoms with Gasteiger partial charge in [0.1, 0.15) is 6.61 Å². The van der Waals surface area contributed by atoms with E-state index in [2.05, 4.69) is 4.98 Å². The number of aromatic nitrogens is 1. The summed E-state index contributed by atoms with van der Waals surface area (Å²) in [7, 11) is 0. The van der Waals surface area contributed by atoms with E-state index in [1.165, 1.54) is 0 Å². The lowest BCUT2D eigenvalue weighted by Crippen LogP contribution is -2.01.